The van der Waals surface area contributed by atoms with Gasteiger partial charge in [-0.05, 0) is 77.3 Å². The summed E-state index contributed by atoms with van der Waals surface area (Å²) in [7, 11) is -4.14. The van der Waals surface area contributed by atoms with Crippen LogP contribution in [0.3, 0.4) is 0 Å². The van der Waals surface area contributed by atoms with Gasteiger partial charge in [0.1, 0.15) is 16.2 Å². The van der Waals surface area contributed by atoms with Gasteiger partial charge in [0.25, 0.3) is 0 Å². The van der Waals surface area contributed by atoms with Gasteiger partial charge in [0.2, 0.25) is 15.9 Å². The van der Waals surface area contributed by atoms with Crippen LogP contribution in [0.2, 0.25) is 5.02 Å². The van der Waals surface area contributed by atoms with E-state index in [4.69, 9.17) is 33.1 Å². The van der Waals surface area contributed by atoms with E-state index in [0.29, 0.717) is 26.5 Å². The molecular formula is C22H21BrCl2N2O4S. The number of nitrogens with two attached hydrogens (primary N) is 1. The Balaban J connectivity index is 1.86. The number of primary sulfonamides is 1. The lowest BCUT2D eigenvalue weighted by molar-refractivity contribution is -0.115. The van der Waals surface area contributed by atoms with Crippen molar-refractivity contribution in [3.8, 4) is 5.75 Å². The zero-order chi connectivity index (χ0) is 23.7. The van der Waals surface area contributed by atoms with Crippen LogP contribution >= 0.6 is 39.1 Å². The summed E-state index contributed by atoms with van der Waals surface area (Å²) in [5.41, 5.74) is 0.957. The highest BCUT2D eigenvalue weighted by atomic mass is 79.9. The molecule has 2 aromatic carbocycles. The summed E-state index contributed by atoms with van der Waals surface area (Å²) in [6, 6.07) is 7.93. The number of nitrogens with one attached hydrogen (secondary N) is 1. The topological polar surface area (TPSA) is 98.5 Å². The first kappa shape index (κ1) is 24.8. The highest BCUT2D eigenvalue weighted by Gasteiger charge is 2.28. The molecule has 1 atom stereocenters. The fraction of sp³-hybridized carbons (Fsp3) is 0.227. The molecule has 0 saturated carbocycles. The Bertz CT molecular complexity index is 1240. The molecule has 10 heteroatoms. The van der Waals surface area contributed by atoms with E-state index in [0.717, 1.165) is 5.56 Å². The van der Waals surface area contributed by atoms with Gasteiger partial charge in [-0.3, -0.25) is 4.79 Å². The summed E-state index contributed by atoms with van der Waals surface area (Å²) in [5, 5.41) is 9.05. The molecule has 1 aliphatic rings. The molecule has 1 unspecified atom stereocenters. The van der Waals surface area contributed by atoms with Gasteiger partial charge in [0.15, 0.2) is 0 Å². The molecule has 1 amide bonds. The molecule has 6 nitrogen and oxygen atoms in total. The van der Waals surface area contributed by atoms with Gasteiger partial charge < -0.3 is 10.1 Å². The van der Waals surface area contributed by atoms with E-state index in [-0.39, 0.29) is 28.7 Å². The minimum absolute atomic E-state index is 0.0146. The van der Waals surface area contributed by atoms with Crippen molar-refractivity contribution in [3.63, 3.8) is 0 Å². The maximum absolute atomic E-state index is 12.6. The van der Waals surface area contributed by atoms with Gasteiger partial charge in [-0.25, -0.2) is 13.6 Å². The van der Waals surface area contributed by atoms with E-state index in [1.54, 1.807) is 31.2 Å². The molecule has 0 spiro atoms. The number of carbonyl (C=O) groups excluding carboxylic acids is 1. The Hall–Kier alpha value is -1.84. The minimum Gasteiger partial charge on any atom is -0.482 e. The quantitative estimate of drug-likeness (QED) is 0.491. The van der Waals surface area contributed by atoms with Crippen molar-refractivity contribution >= 4 is 60.7 Å². The van der Waals surface area contributed by atoms with Gasteiger partial charge in [-0.15, -0.1) is 0 Å². The second-order valence-corrected chi connectivity index (χ2v) is 10.8. The SMILES string of the molecule is Cc1ccc(Br)c(Cl)c1CC(=O)Nc1ccc(OC2(C)C=C(Cl)C=CC2)c(S(N)(=O)=O)c1. The summed E-state index contributed by atoms with van der Waals surface area (Å²) in [5.74, 6) is -0.295. The van der Waals surface area contributed by atoms with Crippen LogP contribution in [0.4, 0.5) is 5.69 Å². The predicted molar refractivity (Wildman–Crippen MR) is 131 cm³/mol. The zero-order valence-corrected chi connectivity index (χ0v) is 21.2. The molecule has 0 bridgehead atoms. The average molecular weight is 560 g/mol. The number of benzene rings is 2. The number of sulfonamides is 1. The second-order valence-electron chi connectivity index (χ2n) is 7.64. The van der Waals surface area contributed by atoms with E-state index in [1.165, 1.54) is 12.1 Å². The molecule has 0 fully saturated rings. The summed E-state index contributed by atoms with van der Waals surface area (Å²) < 4.78 is 31.1. The molecule has 2 aromatic rings. The molecule has 32 heavy (non-hydrogen) atoms. The largest absolute Gasteiger partial charge is 0.482 e. The maximum Gasteiger partial charge on any atom is 0.241 e. The summed E-state index contributed by atoms with van der Waals surface area (Å²) in [6.45, 7) is 3.64. The second kappa shape index (κ2) is 9.57. The van der Waals surface area contributed by atoms with Crippen molar-refractivity contribution in [2.75, 3.05) is 5.32 Å². The first-order valence-corrected chi connectivity index (χ1v) is 12.6. The zero-order valence-electron chi connectivity index (χ0n) is 17.3. The fourth-order valence-electron chi connectivity index (χ4n) is 3.29. The van der Waals surface area contributed by atoms with Gasteiger partial charge in [0.05, 0.1) is 11.4 Å². The smallest absolute Gasteiger partial charge is 0.241 e. The van der Waals surface area contributed by atoms with Crippen molar-refractivity contribution in [2.45, 2.75) is 37.2 Å². The number of aryl methyl sites for hydroxylation is 1. The first-order chi connectivity index (χ1) is 14.9. The van der Waals surface area contributed by atoms with Crippen LogP contribution in [-0.4, -0.2) is 19.9 Å². The number of allylic oxidation sites excluding steroid dienone is 2. The van der Waals surface area contributed by atoms with Crippen LogP contribution in [0.25, 0.3) is 0 Å². The lowest BCUT2D eigenvalue weighted by Crippen LogP contribution is -2.31. The van der Waals surface area contributed by atoms with Crippen LogP contribution in [-0.2, 0) is 21.2 Å². The number of halogens is 3. The number of carbonyl (C=O) groups is 1. The van der Waals surface area contributed by atoms with Crippen LogP contribution in [0.5, 0.6) is 5.75 Å². The van der Waals surface area contributed by atoms with Crippen LogP contribution in [0.15, 0.2) is 63.0 Å². The number of anilines is 1. The minimum atomic E-state index is -4.14. The molecule has 0 aliphatic heterocycles. The van der Waals surface area contributed by atoms with Crippen LogP contribution in [0, 0.1) is 6.92 Å². The van der Waals surface area contributed by atoms with Crippen molar-refractivity contribution in [2.24, 2.45) is 5.14 Å². The molecule has 1 aliphatic carbocycles. The lowest BCUT2D eigenvalue weighted by atomic mass is 9.97. The van der Waals surface area contributed by atoms with Gasteiger partial charge in [-0.1, -0.05) is 35.3 Å². The standard InChI is InChI=1S/C22H21BrCl2N2O4S/c1-13-5-7-17(23)21(25)16(13)11-20(28)27-15-6-8-18(19(10-15)32(26,29)30)31-22(2)9-3-4-14(24)12-22/h3-8,10,12H,9,11H2,1-2H3,(H,27,28)(H2,26,29,30). The van der Waals surface area contributed by atoms with Crippen molar-refractivity contribution < 1.29 is 17.9 Å². The summed E-state index contributed by atoms with van der Waals surface area (Å²) in [4.78, 5) is 12.4. The van der Waals surface area contributed by atoms with E-state index in [2.05, 4.69) is 21.2 Å². The number of rotatable bonds is 6. The third-order valence-electron chi connectivity index (χ3n) is 4.89. The molecule has 0 aromatic heterocycles. The Morgan fingerprint density at radius 1 is 1.28 bits per heavy atom. The third kappa shape index (κ3) is 5.94. The number of ether oxygens (including phenoxy) is 1. The fourth-order valence-corrected chi connectivity index (χ4v) is 4.94. The monoisotopic (exact) mass is 558 g/mol. The number of hydrogen-bond donors (Lipinski definition) is 2. The number of hydrogen-bond acceptors (Lipinski definition) is 4. The molecule has 170 valence electrons. The molecule has 0 heterocycles. The Morgan fingerprint density at radius 2 is 2.00 bits per heavy atom. The van der Waals surface area contributed by atoms with Crippen molar-refractivity contribution in [3.05, 3.63) is 74.2 Å². The summed E-state index contributed by atoms with van der Waals surface area (Å²) >= 11 is 15.7. The highest BCUT2D eigenvalue weighted by molar-refractivity contribution is 9.10. The normalized spacial score (nSPS) is 18.2. The maximum atomic E-state index is 12.6. The van der Waals surface area contributed by atoms with E-state index in [1.807, 2.05) is 19.1 Å². The first-order valence-electron chi connectivity index (χ1n) is 9.52. The van der Waals surface area contributed by atoms with Crippen molar-refractivity contribution in [1.82, 2.24) is 0 Å². The molecule has 0 saturated heterocycles. The Kier molecular flexibility index (Phi) is 7.41. The number of amides is 1. The Labute approximate surface area is 205 Å². The third-order valence-corrected chi connectivity index (χ3v) is 7.38. The van der Waals surface area contributed by atoms with Gasteiger partial charge >= 0.3 is 0 Å². The van der Waals surface area contributed by atoms with E-state index in [9.17, 15) is 13.2 Å². The van der Waals surface area contributed by atoms with Crippen LogP contribution in [0.1, 0.15) is 24.5 Å². The molecule has 3 rings (SSSR count). The lowest BCUT2D eigenvalue weighted by Gasteiger charge is -2.29. The molecule has 3 N–H and O–H groups in total. The van der Waals surface area contributed by atoms with E-state index >= 15 is 0 Å². The van der Waals surface area contributed by atoms with Gasteiger partial charge in [0, 0.05) is 21.6 Å². The van der Waals surface area contributed by atoms with Crippen molar-refractivity contribution in [1.29, 1.82) is 0 Å². The predicted octanol–water partition coefficient (Wildman–Crippen LogP) is 5.46. The average Bonchev–Trinajstić information content (AvgIpc) is 2.68. The Morgan fingerprint density at radius 3 is 2.66 bits per heavy atom. The summed E-state index contributed by atoms with van der Waals surface area (Å²) in [6.07, 6.45) is 5.79. The van der Waals surface area contributed by atoms with Gasteiger partial charge in [-0.2, -0.15) is 0 Å². The highest BCUT2D eigenvalue weighted by Crippen LogP contribution is 2.34. The molecular weight excluding hydrogens is 539 g/mol. The molecule has 0 radical (unpaired) electrons. The van der Waals surface area contributed by atoms with Crippen LogP contribution < -0.4 is 15.2 Å². The van der Waals surface area contributed by atoms with E-state index < -0.39 is 15.6 Å².